The predicted molar refractivity (Wildman–Crippen MR) is 49.7 cm³/mol. The third kappa shape index (κ3) is 3.21. The Morgan fingerprint density at radius 3 is 2.10 bits per heavy atom. The molecule has 0 fully saturated rings. The number of rotatable bonds is 3. The minimum absolute atomic E-state index is 0.815. The fourth-order valence-corrected chi connectivity index (χ4v) is 2.10. The molecule has 0 N–H and O–H groups in total. The van der Waals surface area contributed by atoms with Crippen LogP contribution in [0.25, 0.3) is 0 Å². The van der Waals surface area contributed by atoms with Crippen molar-refractivity contribution < 1.29 is 0 Å². The quantitative estimate of drug-likeness (QED) is 0.432. The van der Waals surface area contributed by atoms with Gasteiger partial charge in [0, 0.05) is 9.52 Å². The Morgan fingerprint density at radius 2 is 1.80 bits per heavy atom. The van der Waals surface area contributed by atoms with Gasteiger partial charge in [-0.15, -0.1) is 0 Å². The zero-order chi connectivity index (χ0) is 8.15. The lowest BCUT2D eigenvalue weighted by atomic mass is 10.1. The topological polar surface area (TPSA) is 0 Å². The molecular weight excluding hydrogens is 136 g/mol. The SMILES string of the molecule is CC[Si]C(C)C(C)=C(C)C. The van der Waals surface area contributed by atoms with Crippen LogP contribution >= 0.6 is 0 Å². The summed E-state index contributed by atoms with van der Waals surface area (Å²) < 4.78 is 0. The van der Waals surface area contributed by atoms with Gasteiger partial charge in [-0.3, -0.25) is 0 Å². The second-order valence-electron chi connectivity index (χ2n) is 2.96. The normalized spacial score (nSPS) is 12.9. The third-order valence-corrected chi connectivity index (χ3v) is 3.40. The molecule has 0 aliphatic rings. The first-order valence-electron chi connectivity index (χ1n) is 3.97. The van der Waals surface area contributed by atoms with Crippen LogP contribution in [0.15, 0.2) is 11.1 Å². The van der Waals surface area contributed by atoms with Crippen molar-refractivity contribution in [1.29, 1.82) is 0 Å². The molecule has 0 saturated heterocycles. The van der Waals surface area contributed by atoms with Crippen LogP contribution in [-0.4, -0.2) is 9.52 Å². The highest BCUT2D eigenvalue weighted by molar-refractivity contribution is 6.38. The van der Waals surface area contributed by atoms with E-state index in [0.29, 0.717) is 0 Å². The van der Waals surface area contributed by atoms with Gasteiger partial charge in [-0.2, -0.15) is 0 Å². The van der Waals surface area contributed by atoms with Crippen molar-refractivity contribution >= 4 is 9.52 Å². The summed E-state index contributed by atoms with van der Waals surface area (Å²) in [4.78, 5) is 0. The van der Waals surface area contributed by atoms with E-state index >= 15 is 0 Å². The minimum atomic E-state index is 0.815. The Hall–Kier alpha value is -0.0431. The van der Waals surface area contributed by atoms with E-state index in [1.807, 2.05) is 0 Å². The fraction of sp³-hybridized carbons (Fsp3) is 0.778. The van der Waals surface area contributed by atoms with Crippen LogP contribution < -0.4 is 0 Å². The van der Waals surface area contributed by atoms with E-state index < -0.39 is 0 Å². The zero-order valence-electron chi connectivity index (χ0n) is 7.78. The van der Waals surface area contributed by atoms with Gasteiger partial charge in [0.2, 0.25) is 0 Å². The summed E-state index contributed by atoms with van der Waals surface area (Å²) in [6.45, 7) is 11.2. The lowest BCUT2D eigenvalue weighted by Gasteiger charge is -2.11. The summed E-state index contributed by atoms with van der Waals surface area (Å²) in [5, 5.41) is 0. The summed E-state index contributed by atoms with van der Waals surface area (Å²) in [5.41, 5.74) is 3.89. The maximum atomic E-state index is 2.32. The summed E-state index contributed by atoms with van der Waals surface area (Å²) in [5.74, 6) is 0. The molecule has 1 atom stereocenters. The number of allylic oxidation sites excluding steroid dienone is 2. The molecule has 1 unspecified atom stereocenters. The van der Waals surface area contributed by atoms with Crippen LogP contribution in [0.1, 0.15) is 34.6 Å². The molecule has 0 amide bonds. The Labute approximate surface area is 67.5 Å². The van der Waals surface area contributed by atoms with Crippen molar-refractivity contribution in [3.63, 3.8) is 0 Å². The van der Waals surface area contributed by atoms with E-state index in [-0.39, 0.29) is 0 Å². The van der Waals surface area contributed by atoms with E-state index in [9.17, 15) is 0 Å². The summed E-state index contributed by atoms with van der Waals surface area (Å²) >= 11 is 0. The number of hydrogen-bond acceptors (Lipinski definition) is 0. The van der Waals surface area contributed by atoms with E-state index in [1.165, 1.54) is 11.6 Å². The van der Waals surface area contributed by atoms with Crippen LogP contribution in [0.2, 0.25) is 11.6 Å². The van der Waals surface area contributed by atoms with Crippen molar-refractivity contribution in [2.45, 2.75) is 46.2 Å². The second-order valence-corrected chi connectivity index (χ2v) is 4.94. The maximum Gasteiger partial charge on any atom is 0.0461 e. The standard InChI is InChI=1S/C9H18Si/c1-6-10-9(5)8(4)7(2)3/h9H,6H2,1-5H3. The first kappa shape index (κ1) is 9.96. The Balaban J connectivity index is 3.94. The summed E-state index contributed by atoms with van der Waals surface area (Å²) in [7, 11) is 1.10. The van der Waals surface area contributed by atoms with Crippen molar-refractivity contribution in [3.8, 4) is 0 Å². The minimum Gasteiger partial charge on any atom is -0.0775 e. The van der Waals surface area contributed by atoms with E-state index in [1.54, 1.807) is 5.57 Å². The molecule has 0 rings (SSSR count). The Kier molecular flexibility index (Phi) is 4.70. The molecule has 0 saturated carbocycles. The average Bonchev–Trinajstić information content (AvgIpc) is 1.87. The van der Waals surface area contributed by atoms with Crippen LogP contribution in [0.3, 0.4) is 0 Å². The molecular formula is C9H18Si. The first-order chi connectivity index (χ1) is 4.59. The molecule has 0 spiro atoms. The highest BCUT2D eigenvalue weighted by Gasteiger charge is 2.03. The molecule has 0 aromatic rings. The number of hydrogen-bond donors (Lipinski definition) is 0. The molecule has 0 aliphatic heterocycles. The lowest BCUT2D eigenvalue weighted by molar-refractivity contribution is 1.02. The van der Waals surface area contributed by atoms with E-state index in [0.717, 1.165) is 15.1 Å². The van der Waals surface area contributed by atoms with Gasteiger partial charge in [0.05, 0.1) is 0 Å². The molecule has 0 aromatic carbocycles. The predicted octanol–water partition coefficient (Wildman–Crippen LogP) is 3.29. The van der Waals surface area contributed by atoms with Gasteiger partial charge in [0.1, 0.15) is 0 Å². The molecule has 1 heteroatoms. The van der Waals surface area contributed by atoms with Gasteiger partial charge < -0.3 is 0 Å². The van der Waals surface area contributed by atoms with Crippen LogP contribution in [-0.2, 0) is 0 Å². The molecule has 2 radical (unpaired) electrons. The highest BCUT2D eigenvalue weighted by Crippen LogP contribution is 2.19. The van der Waals surface area contributed by atoms with Gasteiger partial charge in [-0.25, -0.2) is 0 Å². The Bertz CT molecular complexity index is 121. The van der Waals surface area contributed by atoms with Crippen LogP contribution in [0.4, 0.5) is 0 Å². The van der Waals surface area contributed by atoms with Crippen LogP contribution in [0.5, 0.6) is 0 Å². The highest BCUT2D eigenvalue weighted by atomic mass is 28.2. The van der Waals surface area contributed by atoms with E-state index in [4.69, 9.17) is 0 Å². The van der Waals surface area contributed by atoms with Crippen molar-refractivity contribution in [2.24, 2.45) is 0 Å². The molecule has 10 heavy (non-hydrogen) atoms. The molecule has 0 heterocycles. The molecule has 0 aromatic heterocycles. The molecule has 0 nitrogen and oxygen atoms in total. The van der Waals surface area contributed by atoms with Gasteiger partial charge in [-0.1, -0.05) is 31.0 Å². The molecule has 0 aliphatic carbocycles. The summed E-state index contributed by atoms with van der Waals surface area (Å²) in [6.07, 6.45) is 0. The van der Waals surface area contributed by atoms with Gasteiger partial charge in [0.25, 0.3) is 0 Å². The summed E-state index contributed by atoms with van der Waals surface area (Å²) in [6, 6.07) is 1.33. The first-order valence-corrected chi connectivity index (χ1v) is 5.25. The van der Waals surface area contributed by atoms with Crippen molar-refractivity contribution in [1.82, 2.24) is 0 Å². The average molecular weight is 154 g/mol. The zero-order valence-corrected chi connectivity index (χ0v) is 8.78. The molecule has 58 valence electrons. The fourth-order valence-electron chi connectivity index (χ4n) is 0.892. The van der Waals surface area contributed by atoms with Crippen LogP contribution in [0, 0.1) is 0 Å². The van der Waals surface area contributed by atoms with Crippen molar-refractivity contribution in [3.05, 3.63) is 11.1 Å². The largest absolute Gasteiger partial charge is 0.0775 e. The van der Waals surface area contributed by atoms with E-state index in [2.05, 4.69) is 34.6 Å². The van der Waals surface area contributed by atoms with Gasteiger partial charge in [-0.05, 0) is 26.3 Å². The molecule has 0 bridgehead atoms. The Morgan fingerprint density at radius 1 is 1.30 bits per heavy atom. The van der Waals surface area contributed by atoms with Gasteiger partial charge in [0.15, 0.2) is 0 Å². The van der Waals surface area contributed by atoms with Crippen molar-refractivity contribution in [2.75, 3.05) is 0 Å². The second kappa shape index (κ2) is 4.72. The maximum absolute atomic E-state index is 2.32. The third-order valence-electron chi connectivity index (χ3n) is 1.95. The lowest BCUT2D eigenvalue weighted by Crippen LogP contribution is -2.00. The van der Waals surface area contributed by atoms with Gasteiger partial charge >= 0.3 is 0 Å². The monoisotopic (exact) mass is 154 g/mol. The smallest absolute Gasteiger partial charge is 0.0461 e.